The molecule has 0 bridgehead atoms. The predicted octanol–water partition coefficient (Wildman–Crippen LogP) is 2.99. The second-order valence-electron chi connectivity index (χ2n) is 4.63. The second kappa shape index (κ2) is 4.83. The lowest BCUT2D eigenvalue weighted by molar-refractivity contribution is 0.0697. The number of hydrogen-bond donors (Lipinski definition) is 3. The lowest BCUT2D eigenvalue weighted by Crippen LogP contribution is -1.98. The van der Waals surface area contributed by atoms with Crippen LogP contribution in [0.15, 0.2) is 48.7 Å². The van der Waals surface area contributed by atoms with Crippen LogP contribution in [0.5, 0.6) is 0 Å². The summed E-state index contributed by atoms with van der Waals surface area (Å²) in [6.45, 7) is 0.465. The molecule has 4 nitrogen and oxygen atoms in total. The Labute approximate surface area is 115 Å². The molecule has 4 N–H and O–H groups in total. The maximum absolute atomic E-state index is 11.1. The molecule has 0 amide bonds. The van der Waals surface area contributed by atoms with Crippen LogP contribution >= 0.6 is 0 Å². The SMILES string of the molecule is NCc1ccc(-c2cccc(C(=O)O)c2)c2cc[nH]c12. The average Bonchev–Trinajstić information content (AvgIpc) is 2.95. The second-order valence-corrected chi connectivity index (χ2v) is 4.63. The van der Waals surface area contributed by atoms with Crippen LogP contribution in [-0.2, 0) is 6.54 Å². The van der Waals surface area contributed by atoms with Crippen molar-refractivity contribution in [1.29, 1.82) is 0 Å². The molecule has 0 unspecified atom stereocenters. The fourth-order valence-corrected chi connectivity index (χ4v) is 2.46. The van der Waals surface area contributed by atoms with E-state index >= 15 is 0 Å². The Morgan fingerprint density at radius 1 is 1.20 bits per heavy atom. The van der Waals surface area contributed by atoms with Crippen molar-refractivity contribution in [2.75, 3.05) is 0 Å². The summed E-state index contributed by atoms with van der Waals surface area (Å²) in [5.41, 5.74) is 9.95. The minimum atomic E-state index is -0.921. The number of benzene rings is 2. The van der Waals surface area contributed by atoms with Gasteiger partial charge in [-0.1, -0.05) is 24.3 Å². The average molecular weight is 266 g/mol. The van der Waals surface area contributed by atoms with E-state index in [1.807, 2.05) is 30.5 Å². The van der Waals surface area contributed by atoms with Gasteiger partial charge in [-0.3, -0.25) is 0 Å². The molecule has 100 valence electrons. The molecule has 0 aliphatic rings. The molecule has 0 radical (unpaired) electrons. The van der Waals surface area contributed by atoms with Crippen molar-refractivity contribution < 1.29 is 9.90 Å². The van der Waals surface area contributed by atoms with Crippen LogP contribution in [0.4, 0.5) is 0 Å². The van der Waals surface area contributed by atoms with Gasteiger partial charge in [0, 0.05) is 18.1 Å². The third kappa shape index (κ3) is 1.96. The van der Waals surface area contributed by atoms with Gasteiger partial charge in [-0.05, 0) is 34.9 Å². The first-order valence-corrected chi connectivity index (χ1v) is 6.33. The van der Waals surface area contributed by atoms with E-state index in [2.05, 4.69) is 4.98 Å². The van der Waals surface area contributed by atoms with Crippen molar-refractivity contribution in [3.05, 3.63) is 59.8 Å². The summed E-state index contributed by atoms with van der Waals surface area (Å²) in [5, 5.41) is 10.1. The molecular weight excluding hydrogens is 252 g/mol. The van der Waals surface area contributed by atoms with Gasteiger partial charge in [0.05, 0.1) is 11.1 Å². The number of fused-ring (bicyclic) bond motifs is 1. The van der Waals surface area contributed by atoms with Gasteiger partial charge in [0.25, 0.3) is 0 Å². The summed E-state index contributed by atoms with van der Waals surface area (Å²) in [7, 11) is 0. The highest BCUT2D eigenvalue weighted by Crippen LogP contribution is 2.30. The summed E-state index contributed by atoms with van der Waals surface area (Å²) >= 11 is 0. The zero-order valence-corrected chi connectivity index (χ0v) is 10.8. The zero-order chi connectivity index (χ0) is 14.1. The van der Waals surface area contributed by atoms with Gasteiger partial charge in [-0.2, -0.15) is 0 Å². The topological polar surface area (TPSA) is 79.1 Å². The highest BCUT2D eigenvalue weighted by atomic mass is 16.4. The molecule has 0 fully saturated rings. The Balaban J connectivity index is 2.22. The predicted molar refractivity (Wildman–Crippen MR) is 78.6 cm³/mol. The van der Waals surface area contributed by atoms with E-state index in [1.54, 1.807) is 18.2 Å². The molecule has 0 aliphatic carbocycles. The fourth-order valence-electron chi connectivity index (χ4n) is 2.46. The quantitative estimate of drug-likeness (QED) is 0.681. The van der Waals surface area contributed by atoms with E-state index in [0.29, 0.717) is 6.54 Å². The molecule has 20 heavy (non-hydrogen) atoms. The van der Waals surface area contributed by atoms with Crippen LogP contribution in [0.2, 0.25) is 0 Å². The van der Waals surface area contributed by atoms with E-state index in [1.165, 1.54) is 0 Å². The molecule has 3 rings (SSSR count). The van der Waals surface area contributed by atoms with Crippen LogP contribution in [0.3, 0.4) is 0 Å². The molecule has 4 heteroatoms. The number of nitrogens with one attached hydrogen (secondary N) is 1. The maximum Gasteiger partial charge on any atom is 0.335 e. The van der Waals surface area contributed by atoms with Gasteiger partial charge in [0.1, 0.15) is 0 Å². The van der Waals surface area contributed by atoms with Crippen molar-refractivity contribution in [2.24, 2.45) is 5.73 Å². The first-order valence-electron chi connectivity index (χ1n) is 6.33. The highest BCUT2D eigenvalue weighted by molar-refractivity contribution is 5.98. The van der Waals surface area contributed by atoms with Gasteiger partial charge in [-0.15, -0.1) is 0 Å². The van der Waals surface area contributed by atoms with Crippen LogP contribution in [0, 0.1) is 0 Å². The van der Waals surface area contributed by atoms with Crippen LogP contribution in [-0.4, -0.2) is 16.1 Å². The van der Waals surface area contributed by atoms with Crippen LogP contribution in [0.1, 0.15) is 15.9 Å². The van der Waals surface area contributed by atoms with Gasteiger partial charge >= 0.3 is 5.97 Å². The molecule has 0 aliphatic heterocycles. The molecule has 0 atom stereocenters. The van der Waals surface area contributed by atoms with Gasteiger partial charge < -0.3 is 15.8 Å². The molecule has 0 spiro atoms. The van der Waals surface area contributed by atoms with Gasteiger partial charge in [0.2, 0.25) is 0 Å². The minimum Gasteiger partial charge on any atom is -0.478 e. The fraction of sp³-hybridized carbons (Fsp3) is 0.0625. The van der Waals surface area contributed by atoms with E-state index in [-0.39, 0.29) is 5.56 Å². The molecule has 1 heterocycles. The summed E-state index contributed by atoms with van der Waals surface area (Å²) in [4.78, 5) is 14.3. The number of H-pyrrole nitrogens is 1. The van der Waals surface area contributed by atoms with Gasteiger partial charge in [0.15, 0.2) is 0 Å². The Kier molecular flexibility index (Phi) is 3.00. The third-order valence-corrected chi connectivity index (χ3v) is 3.45. The Morgan fingerprint density at radius 3 is 2.80 bits per heavy atom. The first-order chi connectivity index (χ1) is 9.70. The first kappa shape index (κ1) is 12.4. The summed E-state index contributed by atoms with van der Waals surface area (Å²) in [5.74, 6) is -0.921. The minimum absolute atomic E-state index is 0.286. The summed E-state index contributed by atoms with van der Waals surface area (Å²) in [6, 6.07) is 12.9. The van der Waals surface area contributed by atoms with Crippen molar-refractivity contribution in [2.45, 2.75) is 6.54 Å². The van der Waals surface area contributed by atoms with E-state index < -0.39 is 5.97 Å². The molecule has 1 aromatic heterocycles. The molecule has 0 saturated carbocycles. The normalized spacial score (nSPS) is 10.8. The van der Waals surface area contributed by atoms with Gasteiger partial charge in [-0.25, -0.2) is 4.79 Å². The number of hydrogen-bond acceptors (Lipinski definition) is 2. The Bertz CT molecular complexity index is 790. The molecule has 3 aromatic rings. The lowest BCUT2D eigenvalue weighted by atomic mass is 9.98. The molecule has 0 saturated heterocycles. The third-order valence-electron chi connectivity index (χ3n) is 3.45. The standard InChI is InChI=1S/C16H14N2O2/c17-9-12-4-5-13(14-6-7-18-15(12)14)10-2-1-3-11(8-10)16(19)20/h1-8,18H,9,17H2,(H,19,20). The maximum atomic E-state index is 11.1. The van der Waals surface area contributed by atoms with E-state index in [9.17, 15) is 4.79 Å². The van der Waals surface area contributed by atoms with Crippen molar-refractivity contribution in [3.63, 3.8) is 0 Å². The zero-order valence-electron chi connectivity index (χ0n) is 10.8. The van der Waals surface area contributed by atoms with E-state index in [0.717, 1.165) is 27.6 Å². The Morgan fingerprint density at radius 2 is 2.05 bits per heavy atom. The largest absolute Gasteiger partial charge is 0.478 e. The number of carboxylic acids is 1. The molecular formula is C16H14N2O2. The number of aromatic amines is 1. The number of carbonyl (C=O) groups is 1. The van der Waals surface area contributed by atoms with Crippen molar-refractivity contribution in [3.8, 4) is 11.1 Å². The van der Waals surface area contributed by atoms with Crippen molar-refractivity contribution in [1.82, 2.24) is 4.98 Å². The number of aromatic nitrogens is 1. The smallest absolute Gasteiger partial charge is 0.335 e. The number of carboxylic acid groups (broad SMARTS) is 1. The van der Waals surface area contributed by atoms with E-state index in [4.69, 9.17) is 10.8 Å². The Hall–Kier alpha value is -2.59. The highest BCUT2D eigenvalue weighted by Gasteiger charge is 2.10. The molecule has 2 aromatic carbocycles. The number of aromatic carboxylic acids is 1. The van der Waals surface area contributed by atoms with Crippen molar-refractivity contribution >= 4 is 16.9 Å². The lowest BCUT2D eigenvalue weighted by Gasteiger charge is -2.08. The van der Waals surface area contributed by atoms with Crippen LogP contribution < -0.4 is 5.73 Å². The summed E-state index contributed by atoms with van der Waals surface area (Å²) < 4.78 is 0. The van der Waals surface area contributed by atoms with Crippen LogP contribution in [0.25, 0.3) is 22.0 Å². The monoisotopic (exact) mass is 266 g/mol. The summed E-state index contributed by atoms with van der Waals surface area (Å²) in [6.07, 6.45) is 1.87. The number of nitrogens with two attached hydrogens (primary N) is 1. The number of rotatable bonds is 3.